The van der Waals surface area contributed by atoms with Crippen LogP contribution in [0.2, 0.25) is 15.1 Å². The van der Waals surface area contributed by atoms with Crippen LogP contribution in [0.15, 0.2) is 36.4 Å². The van der Waals surface area contributed by atoms with Crippen LogP contribution in [-0.4, -0.2) is 45.2 Å². The first-order valence-corrected chi connectivity index (χ1v) is 9.90. The molecule has 3 amide bonds. The third-order valence-corrected chi connectivity index (χ3v) is 5.42. The highest BCUT2D eigenvalue weighted by Gasteiger charge is 2.19. The van der Waals surface area contributed by atoms with Gasteiger partial charge in [-0.05, 0) is 36.4 Å². The molecule has 0 unspecified atom stereocenters. The summed E-state index contributed by atoms with van der Waals surface area (Å²) in [6.07, 6.45) is 0. The Hall–Kier alpha value is -1.99. The minimum Gasteiger partial charge on any atom is -0.359 e. The standard InChI is InChI=1S/C19H19Cl3N4O2/c1-25-6-8-26(9-7-25)17-5-3-13(11-16(17)22)23-19(28)24-18(27)14-4-2-12(20)10-15(14)21/h2-5,10-11H,6-9H2,1H3,(H2,23,24,27,28)/p+1. The van der Waals surface area contributed by atoms with Gasteiger partial charge in [-0.1, -0.05) is 34.8 Å². The van der Waals surface area contributed by atoms with Gasteiger partial charge in [-0.2, -0.15) is 0 Å². The SMILES string of the molecule is C[NH+]1CCN(c2ccc(NC(=O)NC(=O)c3ccc(Cl)cc3Cl)cc2Cl)CC1. The Bertz CT molecular complexity index is 899. The molecule has 0 aliphatic carbocycles. The Morgan fingerprint density at radius 2 is 1.71 bits per heavy atom. The Balaban J connectivity index is 1.62. The Kier molecular flexibility index (Phi) is 6.67. The van der Waals surface area contributed by atoms with E-state index in [9.17, 15) is 9.59 Å². The first-order valence-electron chi connectivity index (χ1n) is 8.76. The lowest BCUT2D eigenvalue weighted by Gasteiger charge is -2.32. The fourth-order valence-corrected chi connectivity index (χ4v) is 3.77. The Labute approximate surface area is 178 Å². The highest BCUT2D eigenvalue weighted by atomic mass is 35.5. The molecular formula is C19H20Cl3N4O2+. The average Bonchev–Trinajstić information content (AvgIpc) is 2.62. The number of hydrogen-bond donors (Lipinski definition) is 3. The fraction of sp³-hybridized carbons (Fsp3) is 0.263. The summed E-state index contributed by atoms with van der Waals surface area (Å²) in [5.74, 6) is -0.623. The third kappa shape index (κ3) is 5.08. The number of likely N-dealkylation sites (N-methyl/N-ethyl adjacent to an activating group) is 1. The lowest BCUT2D eigenvalue weighted by molar-refractivity contribution is -0.880. The van der Waals surface area contributed by atoms with E-state index < -0.39 is 11.9 Å². The molecule has 1 heterocycles. The highest BCUT2D eigenvalue weighted by molar-refractivity contribution is 6.37. The molecule has 1 fully saturated rings. The summed E-state index contributed by atoms with van der Waals surface area (Å²) in [6.45, 7) is 3.95. The fourth-order valence-electron chi connectivity index (χ4n) is 2.98. The molecule has 148 valence electrons. The van der Waals surface area contributed by atoms with Crippen LogP contribution in [0.5, 0.6) is 0 Å². The van der Waals surface area contributed by atoms with E-state index in [0.29, 0.717) is 15.7 Å². The number of benzene rings is 2. The van der Waals surface area contributed by atoms with Crippen molar-refractivity contribution in [2.75, 3.05) is 43.4 Å². The van der Waals surface area contributed by atoms with Crippen molar-refractivity contribution in [1.29, 1.82) is 0 Å². The van der Waals surface area contributed by atoms with Gasteiger partial charge in [0, 0.05) is 10.7 Å². The number of hydrogen-bond acceptors (Lipinski definition) is 3. The quantitative estimate of drug-likeness (QED) is 0.685. The predicted molar refractivity (Wildman–Crippen MR) is 113 cm³/mol. The number of urea groups is 1. The number of nitrogens with zero attached hydrogens (tertiary/aromatic N) is 1. The number of halogens is 3. The first-order chi connectivity index (χ1) is 13.3. The molecule has 2 aromatic carbocycles. The monoisotopic (exact) mass is 441 g/mol. The van der Waals surface area contributed by atoms with Gasteiger partial charge < -0.3 is 15.1 Å². The topological polar surface area (TPSA) is 65.9 Å². The van der Waals surface area contributed by atoms with Crippen LogP contribution in [0.1, 0.15) is 10.4 Å². The Morgan fingerprint density at radius 1 is 1.00 bits per heavy atom. The maximum Gasteiger partial charge on any atom is 0.326 e. The van der Waals surface area contributed by atoms with E-state index in [2.05, 4.69) is 22.6 Å². The molecule has 6 nitrogen and oxygen atoms in total. The number of nitrogens with one attached hydrogen (secondary N) is 3. The lowest BCUT2D eigenvalue weighted by atomic mass is 10.2. The minimum absolute atomic E-state index is 0.159. The number of amides is 3. The molecule has 0 spiro atoms. The summed E-state index contributed by atoms with van der Waals surface area (Å²) >= 11 is 18.2. The van der Waals surface area contributed by atoms with Gasteiger partial charge in [-0.25, -0.2) is 4.79 Å². The molecule has 1 aliphatic heterocycles. The Morgan fingerprint density at radius 3 is 2.36 bits per heavy atom. The molecule has 2 aromatic rings. The number of anilines is 2. The van der Waals surface area contributed by atoms with Crippen LogP contribution in [0.4, 0.5) is 16.2 Å². The zero-order valence-corrected chi connectivity index (χ0v) is 17.5. The number of imide groups is 1. The molecule has 0 bridgehead atoms. The average molecular weight is 443 g/mol. The van der Waals surface area contributed by atoms with Crippen molar-refractivity contribution in [2.24, 2.45) is 0 Å². The van der Waals surface area contributed by atoms with Crippen molar-refractivity contribution in [3.63, 3.8) is 0 Å². The second-order valence-corrected chi connectivity index (χ2v) is 7.89. The molecule has 0 atom stereocenters. The van der Waals surface area contributed by atoms with E-state index in [1.807, 2.05) is 6.07 Å². The largest absolute Gasteiger partial charge is 0.359 e. The van der Waals surface area contributed by atoms with Gasteiger partial charge in [0.2, 0.25) is 0 Å². The molecule has 3 N–H and O–H groups in total. The van der Waals surface area contributed by atoms with Gasteiger partial charge in [0.25, 0.3) is 5.91 Å². The van der Waals surface area contributed by atoms with E-state index in [-0.39, 0.29) is 10.6 Å². The first kappa shape index (κ1) is 20.7. The molecule has 0 aromatic heterocycles. The maximum absolute atomic E-state index is 12.2. The van der Waals surface area contributed by atoms with Crippen LogP contribution >= 0.6 is 34.8 Å². The van der Waals surface area contributed by atoms with Gasteiger partial charge in [0.1, 0.15) is 0 Å². The van der Waals surface area contributed by atoms with Gasteiger partial charge in [-0.15, -0.1) is 0 Å². The third-order valence-electron chi connectivity index (χ3n) is 4.57. The molecule has 1 aliphatic rings. The second-order valence-electron chi connectivity index (χ2n) is 6.64. The van der Waals surface area contributed by atoms with Crippen molar-refractivity contribution in [2.45, 2.75) is 0 Å². The maximum atomic E-state index is 12.2. The summed E-state index contributed by atoms with van der Waals surface area (Å²) in [5, 5.41) is 5.96. The number of quaternary nitrogens is 1. The van der Waals surface area contributed by atoms with Gasteiger partial charge in [-0.3, -0.25) is 10.1 Å². The number of rotatable bonds is 3. The van der Waals surface area contributed by atoms with Gasteiger partial charge >= 0.3 is 6.03 Å². The van der Waals surface area contributed by atoms with Crippen LogP contribution in [0.3, 0.4) is 0 Å². The normalized spacial score (nSPS) is 14.6. The molecule has 9 heteroatoms. The van der Waals surface area contributed by atoms with E-state index in [0.717, 1.165) is 31.9 Å². The predicted octanol–water partition coefficient (Wildman–Crippen LogP) is 2.94. The number of piperazine rings is 1. The van der Waals surface area contributed by atoms with Gasteiger partial charge in [0.05, 0.1) is 54.5 Å². The van der Waals surface area contributed by atoms with Crippen LogP contribution in [0, 0.1) is 0 Å². The van der Waals surface area contributed by atoms with Crippen molar-refractivity contribution in [3.05, 3.63) is 57.0 Å². The van der Waals surface area contributed by atoms with Crippen molar-refractivity contribution >= 4 is 58.1 Å². The number of carbonyl (C=O) groups is 2. The molecule has 0 saturated carbocycles. The van der Waals surface area contributed by atoms with Crippen molar-refractivity contribution in [3.8, 4) is 0 Å². The zero-order chi connectivity index (χ0) is 20.3. The van der Waals surface area contributed by atoms with Crippen LogP contribution < -0.4 is 20.4 Å². The lowest BCUT2D eigenvalue weighted by Crippen LogP contribution is -3.12. The van der Waals surface area contributed by atoms with E-state index in [1.165, 1.54) is 23.1 Å². The summed E-state index contributed by atoms with van der Waals surface area (Å²) in [5.41, 5.74) is 1.58. The van der Waals surface area contributed by atoms with E-state index in [4.69, 9.17) is 34.8 Å². The molecule has 0 radical (unpaired) electrons. The molecule has 28 heavy (non-hydrogen) atoms. The smallest absolute Gasteiger partial charge is 0.326 e. The van der Waals surface area contributed by atoms with E-state index >= 15 is 0 Å². The van der Waals surface area contributed by atoms with Crippen molar-refractivity contribution in [1.82, 2.24) is 5.32 Å². The summed E-state index contributed by atoms with van der Waals surface area (Å²) < 4.78 is 0. The highest BCUT2D eigenvalue weighted by Crippen LogP contribution is 2.29. The van der Waals surface area contributed by atoms with Gasteiger partial charge in [0.15, 0.2) is 0 Å². The summed E-state index contributed by atoms with van der Waals surface area (Å²) in [6, 6.07) is 9.04. The summed E-state index contributed by atoms with van der Waals surface area (Å²) in [7, 11) is 2.17. The minimum atomic E-state index is -0.678. The molecule has 3 rings (SSSR count). The molecular weight excluding hydrogens is 423 g/mol. The second kappa shape index (κ2) is 9.01. The van der Waals surface area contributed by atoms with Crippen molar-refractivity contribution < 1.29 is 14.5 Å². The molecule has 1 saturated heterocycles. The summed E-state index contributed by atoms with van der Waals surface area (Å²) in [4.78, 5) is 28.1. The zero-order valence-electron chi connectivity index (χ0n) is 15.2. The van der Waals surface area contributed by atoms with Crippen LogP contribution in [0.25, 0.3) is 0 Å². The van der Waals surface area contributed by atoms with E-state index in [1.54, 1.807) is 12.1 Å². The number of carbonyl (C=O) groups excluding carboxylic acids is 2. The van der Waals surface area contributed by atoms with Crippen LogP contribution in [-0.2, 0) is 0 Å².